The van der Waals surface area contributed by atoms with E-state index in [4.69, 9.17) is 9.47 Å². The van der Waals surface area contributed by atoms with E-state index < -0.39 is 5.97 Å². The van der Waals surface area contributed by atoms with Crippen molar-refractivity contribution in [3.05, 3.63) is 53.9 Å². The number of hydrogen-bond acceptors (Lipinski definition) is 5. The molecule has 0 spiro atoms. The molecule has 144 valence electrons. The van der Waals surface area contributed by atoms with E-state index in [1.807, 2.05) is 37.4 Å². The van der Waals surface area contributed by atoms with Crippen molar-refractivity contribution >= 4 is 5.97 Å². The molecule has 6 nitrogen and oxygen atoms in total. The van der Waals surface area contributed by atoms with Crippen LogP contribution in [0.1, 0.15) is 36.9 Å². The topological polar surface area (TPSA) is 71.9 Å². The lowest BCUT2D eigenvalue weighted by Crippen LogP contribution is -2.39. The van der Waals surface area contributed by atoms with E-state index in [2.05, 4.69) is 16.0 Å². The molecule has 0 saturated carbocycles. The fraction of sp³-hybridized carbons (Fsp3) is 0.429. The molecule has 1 aromatic heterocycles. The number of carboxylic acids is 1. The molecule has 1 atom stereocenters. The first-order chi connectivity index (χ1) is 13.1. The van der Waals surface area contributed by atoms with Crippen molar-refractivity contribution in [3.8, 4) is 11.5 Å². The first-order valence-electron chi connectivity index (χ1n) is 9.31. The lowest BCUT2D eigenvalue weighted by Gasteiger charge is -2.37. The van der Waals surface area contributed by atoms with Crippen molar-refractivity contribution in [1.29, 1.82) is 0 Å². The molecule has 1 fully saturated rings. The molecule has 2 aromatic rings. The predicted molar refractivity (Wildman–Crippen MR) is 102 cm³/mol. The average molecular weight is 370 g/mol. The van der Waals surface area contributed by atoms with Gasteiger partial charge in [0.15, 0.2) is 11.5 Å². The maximum Gasteiger partial charge on any atom is 0.306 e. The second-order valence-corrected chi connectivity index (χ2v) is 6.68. The third kappa shape index (κ3) is 4.39. The Morgan fingerprint density at radius 2 is 2.04 bits per heavy atom. The molecule has 3 rings (SSSR count). The highest BCUT2D eigenvalue weighted by atomic mass is 16.5. The van der Waals surface area contributed by atoms with Gasteiger partial charge in [0.25, 0.3) is 0 Å². The number of aromatic nitrogens is 1. The SMILES string of the molecule is CCOc1cc(C(c2cccnc2)N2CCC(C(=O)O)CC2)ccc1OC. The maximum absolute atomic E-state index is 11.3. The number of hydrogen-bond donors (Lipinski definition) is 1. The van der Waals surface area contributed by atoms with Crippen LogP contribution in [-0.4, -0.2) is 47.8 Å². The summed E-state index contributed by atoms with van der Waals surface area (Å²) >= 11 is 0. The Morgan fingerprint density at radius 1 is 1.26 bits per heavy atom. The highest BCUT2D eigenvalue weighted by molar-refractivity contribution is 5.70. The number of aliphatic carboxylic acids is 1. The Bertz CT molecular complexity index is 758. The minimum Gasteiger partial charge on any atom is -0.493 e. The molecular formula is C21H26N2O4. The number of carbonyl (C=O) groups is 1. The van der Waals surface area contributed by atoms with Crippen LogP contribution in [0.2, 0.25) is 0 Å². The Balaban J connectivity index is 1.94. The van der Waals surface area contributed by atoms with Gasteiger partial charge in [0.1, 0.15) is 0 Å². The summed E-state index contributed by atoms with van der Waals surface area (Å²) in [5.74, 6) is 0.461. The van der Waals surface area contributed by atoms with Gasteiger partial charge in [0, 0.05) is 12.4 Å². The van der Waals surface area contributed by atoms with Crippen LogP contribution in [-0.2, 0) is 4.79 Å². The molecule has 1 aliphatic heterocycles. The molecule has 0 radical (unpaired) electrons. The van der Waals surface area contributed by atoms with Gasteiger partial charge in [0.05, 0.1) is 25.7 Å². The number of piperidine rings is 1. The number of methoxy groups -OCH3 is 1. The molecule has 1 unspecified atom stereocenters. The highest BCUT2D eigenvalue weighted by Crippen LogP contribution is 2.37. The fourth-order valence-corrected chi connectivity index (χ4v) is 3.69. The average Bonchev–Trinajstić information content (AvgIpc) is 2.70. The molecule has 1 saturated heterocycles. The Kier molecular flexibility index (Phi) is 6.29. The van der Waals surface area contributed by atoms with Crippen molar-refractivity contribution in [2.45, 2.75) is 25.8 Å². The number of nitrogens with zero attached hydrogens (tertiary/aromatic N) is 2. The van der Waals surface area contributed by atoms with E-state index in [1.54, 1.807) is 13.3 Å². The number of pyridine rings is 1. The molecule has 1 aliphatic rings. The number of likely N-dealkylation sites (tertiary alicyclic amines) is 1. The second kappa shape index (κ2) is 8.86. The Morgan fingerprint density at radius 3 is 2.63 bits per heavy atom. The van der Waals surface area contributed by atoms with Gasteiger partial charge in [0.2, 0.25) is 0 Å². The van der Waals surface area contributed by atoms with Crippen LogP contribution in [0, 0.1) is 5.92 Å². The van der Waals surface area contributed by atoms with Gasteiger partial charge >= 0.3 is 5.97 Å². The van der Waals surface area contributed by atoms with Gasteiger partial charge in [-0.2, -0.15) is 0 Å². The zero-order chi connectivity index (χ0) is 19.2. The van der Waals surface area contributed by atoms with Crippen LogP contribution in [0.25, 0.3) is 0 Å². The Labute approximate surface area is 159 Å². The third-order valence-electron chi connectivity index (χ3n) is 5.05. The van der Waals surface area contributed by atoms with Gasteiger partial charge in [-0.15, -0.1) is 0 Å². The highest BCUT2D eigenvalue weighted by Gasteiger charge is 2.30. The van der Waals surface area contributed by atoms with E-state index in [9.17, 15) is 9.90 Å². The molecule has 2 heterocycles. The lowest BCUT2D eigenvalue weighted by molar-refractivity contribution is -0.143. The summed E-state index contributed by atoms with van der Waals surface area (Å²) in [4.78, 5) is 17.9. The summed E-state index contributed by atoms with van der Waals surface area (Å²) in [5.41, 5.74) is 2.17. The molecule has 6 heteroatoms. The molecule has 0 bridgehead atoms. The standard InChI is InChI=1S/C21H26N2O4/c1-3-27-19-13-16(6-7-18(19)26-2)20(17-5-4-10-22-14-17)23-11-8-15(9-12-23)21(24)25/h4-7,10,13-15,20H,3,8-9,11-12H2,1-2H3,(H,24,25). The van der Waals surface area contributed by atoms with Crippen LogP contribution in [0.3, 0.4) is 0 Å². The van der Waals surface area contributed by atoms with Gasteiger partial charge in [-0.25, -0.2) is 0 Å². The molecular weight excluding hydrogens is 344 g/mol. The Hall–Kier alpha value is -2.60. The monoisotopic (exact) mass is 370 g/mol. The van der Waals surface area contributed by atoms with E-state index in [-0.39, 0.29) is 12.0 Å². The van der Waals surface area contributed by atoms with Crippen LogP contribution in [0.15, 0.2) is 42.7 Å². The third-order valence-corrected chi connectivity index (χ3v) is 5.05. The van der Waals surface area contributed by atoms with Gasteiger partial charge in [-0.05, 0) is 62.2 Å². The number of carboxylic acid groups (broad SMARTS) is 1. The fourth-order valence-electron chi connectivity index (χ4n) is 3.69. The second-order valence-electron chi connectivity index (χ2n) is 6.68. The van der Waals surface area contributed by atoms with Crippen LogP contribution < -0.4 is 9.47 Å². The summed E-state index contributed by atoms with van der Waals surface area (Å²) < 4.78 is 11.2. The molecule has 1 aromatic carbocycles. The minimum absolute atomic E-state index is 0.00134. The summed E-state index contributed by atoms with van der Waals surface area (Å²) in [6, 6.07) is 9.97. The smallest absolute Gasteiger partial charge is 0.306 e. The zero-order valence-electron chi connectivity index (χ0n) is 15.8. The van der Waals surface area contributed by atoms with E-state index >= 15 is 0 Å². The number of rotatable bonds is 7. The van der Waals surface area contributed by atoms with E-state index in [0.717, 1.165) is 24.2 Å². The lowest BCUT2D eigenvalue weighted by atomic mass is 9.92. The summed E-state index contributed by atoms with van der Waals surface area (Å²) in [7, 11) is 1.63. The van der Waals surface area contributed by atoms with Crippen molar-refractivity contribution in [2.75, 3.05) is 26.8 Å². The summed E-state index contributed by atoms with van der Waals surface area (Å²) in [6.45, 7) is 3.96. The first kappa shape index (κ1) is 19.2. The van der Waals surface area contributed by atoms with Crippen molar-refractivity contribution in [1.82, 2.24) is 9.88 Å². The zero-order valence-corrected chi connectivity index (χ0v) is 15.8. The van der Waals surface area contributed by atoms with Crippen LogP contribution >= 0.6 is 0 Å². The molecule has 0 amide bonds. The first-order valence-corrected chi connectivity index (χ1v) is 9.31. The molecule has 27 heavy (non-hydrogen) atoms. The summed E-state index contributed by atoms with van der Waals surface area (Å²) in [6.07, 6.45) is 4.94. The van der Waals surface area contributed by atoms with Gasteiger partial charge in [-0.1, -0.05) is 12.1 Å². The normalized spacial score (nSPS) is 16.7. The van der Waals surface area contributed by atoms with Gasteiger partial charge in [-0.3, -0.25) is 14.7 Å². The minimum atomic E-state index is -0.698. The van der Waals surface area contributed by atoms with E-state index in [1.165, 1.54) is 0 Å². The van der Waals surface area contributed by atoms with Crippen LogP contribution in [0.5, 0.6) is 11.5 Å². The predicted octanol–water partition coefficient (Wildman–Crippen LogP) is 3.37. The maximum atomic E-state index is 11.3. The number of ether oxygens (including phenoxy) is 2. The van der Waals surface area contributed by atoms with Crippen molar-refractivity contribution < 1.29 is 19.4 Å². The number of benzene rings is 1. The quantitative estimate of drug-likeness (QED) is 0.806. The molecule has 0 aliphatic carbocycles. The molecule has 1 N–H and O–H groups in total. The van der Waals surface area contributed by atoms with Gasteiger partial charge < -0.3 is 14.6 Å². The van der Waals surface area contributed by atoms with Crippen LogP contribution in [0.4, 0.5) is 0 Å². The van der Waals surface area contributed by atoms with E-state index in [0.29, 0.717) is 30.9 Å². The van der Waals surface area contributed by atoms with Crippen molar-refractivity contribution in [3.63, 3.8) is 0 Å². The summed E-state index contributed by atoms with van der Waals surface area (Å²) in [5, 5.41) is 9.29. The largest absolute Gasteiger partial charge is 0.493 e. The van der Waals surface area contributed by atoms with Crippen molar-refractivity contribution in [2.24, 2.45) is 5.92 Å².